The number of fused-ring (bicyclic) bond motifs is 1. The van der Waals surface area contributed by atoms with Crippen molar-refractivity contribution in [2.24, 2.45) is 0 Å². The number of aliphatic hydroxyl groups is 1. The Hall–Kier alpha value is -4.83. The Morgan fingerprint density at radius 1 is 0.857 bits per heavy atom. The van der Waals surface area contributed by atoms with Crippen LogP contribution >= 0.6 is 0 Å². The minimum absolute atomic E-state index is 0.00214. The number of benzene rings is 4. The maximum absolute atomic E-state index is 12.6. The summed E-state index contributed by atoms with van der Waals surface area (Å²) in [6, 6.07) is 32.4. The number of amides is 2. The largest absolute Gasteiger partial charge is 0.392 e. The molecule has 2 amide bonds. The number of hydrogen-bond donors (Lipinski definition) is 3. The fourth-order valence-electron chi connectivity index (χ4n) is 6.32. The normalized spacial score (nSPS) is 17.6. The molecule has 6 rings (SSSR count). The lowest BCUT2D eigenvalue weighted by Gasteiger charge is -2.36. The lowest BCUT2D eigenvalue weighted by Crippen LogP contribution is -2.32. The molecule has 1 fully saturated rings. The van der Waals surface area contributed by atoms with Gasteiger partial charge in [-0.15, -0.1) is 0 Å². The van der Waals surface area contributed by atoms with Crippen LogP contribution in [0.4, 0.5) is 0 Å². The van der Waals surface area contributed by atoms with E-state index >= 15 is 0 Å². The molecule has 1 aliphatic rings. The van der Waals surface area contributed by atoms with E-state index in [1.54, 1.807) is 0 Å². The van der Waals surface area contributed by atoms with Crippen molar-refractivity contribution in [2.75, 3.05) is 6.54 Å². The number of para-hydroxylation sites is 2. The zero-order chi connectivity index (χ0) is 34.0. The highest BCUT2D eigenvalue weighted by atomic mass is 16.7. The second-order valence-electron chi connectivity index (χ2n) is 12.6. The lowest BCUT2D eigenvalue weighted by molar-refractivity contribution is -0.252. The van der Waals surface area contributed by atoms with E-state index in [0.717, 1.165) is 63.7 Å². The predicted octanol–water partition coefficient (Wildman–Crippen LogP) is 6.75. The second-order valence-corrected chi connectivity index (χ2v) is 12.6. The summed E-state index contributed by atoms with van der Waals surface area (Å²) >= 11 is 0. The van der Waals surface area contributed by atoms with Gasteiger partial charge in [0.05, 0.1) is 42.7 Å². The average Bonchev–Trinajstić information content (AvgIpc) is 3.54. The molecule has 2 heterocycles. The molecule has 1 aromatic heterocycles. The average molecular weight is 661 g/mol. The molecular formula is C40H44N4O5. The zero-order valence-electron chi connectivity index (χ0n) is 27.9. The molecule has 1 aliphatic heterocycles. The Kier molecular flexibility index (Phi) is 11.5. The van der Waals surface area contributed by atoms with Crippen LogP contribution in [0.5, 0.6) is 0 Å². The van der Waals surface area contributed by atoms with Gasteiger partial charge < -0.3 is 29.8 Å². The fourth-order valence-corrected chi connectivity index (χ4v) is 6.32. The van der Waals surface area contributed by atoms with Crippen LogP contribution in [0.25, 0.3) is 22.2 Å². The molecule has 4 aromatic carbocycles. The van der Waals surface area contributed by atoms with Crippen molar-refractivity contribution in [1.29, 1.82) is 0 Å². The summed E-state index contributed by atoms with van der Waals surface area (Å²) in [6.07, 6.45) is 4.67. The highest BCUT2D eigenvalue weighted by Crippen LogP contribution is 2.39. The minimum Gasteiger partial charge on any atom is -0.392 e. The molecule has 0 bridgehead atoms. The third-order valence-electron chi connectivity index (χ3n) is 8.98. The van der Waals surface area contributed by atoms with E-state index in [1.807, 2.05) is 67.0 Å². The van der Waals surface area contributed by atoms with E-state index in [2.05, 4.69) is 56.6 Å². The van der Waals surface area contributed by atoms with E-state index in [0.29, 0.717) is 32.5 Å². The number of carbonyl (C=O) groups excluding carboxylic acids is 2. The molecule has 0 spiro atoms. The number of rotatable bonds is 14. The van der Waals surface area contributed by atoms with E-state index in [-0.39, 0.29) is 30.6 Å². The van der Waals surface area contributed by atoms with E-state index in [9.17, 15) is 14.7 Å². The SMILES string of the molecule is CC(=O)NCCCCCC(=O)NCc1ccccc1-c1ccc(C2OC(Cn3cnc4ccccc43)CC(c3ccc(CO)cc3)O2)cc1. The van der Waals surface area contributed by atoms with Crippen molar-refractivity contribution < 1.29 is 24.2 Å². The van der Waals surface area contributed by atoms with Crippen molar-refractivity contribution in [2.45, 2.75) is 77.2 Å². The van der Waals surface area contributed by atoms with E-state index in [4.69, 9.17) is 9.47 Å². The van der Waals surface area contributed by atoms with Crippen molar-refractivity contribution >= 4 is 22.8 Å². The summed E-state index contributed by atoms with van der Waals surface area (Å²) in [4.78, 5) is 28.1. The number of imidazole rings is 1. The van der Waals surface area contributed by atoms with Crippen molar-refractivity contribution in [1.82, 2.24) is 20.2 Å². The molecule has 5 aromatic rings. The number of unbranched alkanes of at least 4 members (excludes halogenated alkanes) is 2. The Morgan fingerprint density at radius 3 is 2.41 bits per heavy atom. The van der Waals surface area contributed by atoms with Crippen LogP contribution in [0.15, 0.2) is 103 Å². The Labute approximate surface area is 287 Å². The fraction of sp³-hybridized carbons (Fsp3) is 0.325. The first-order valence-electron chi connectivity index (χ1n) is 17.1. The number of aliphatic hydroxyl groups excluding tert-OH is 1. The van der Waals surface area contributed by atoms with Gasteiger partial charge in [0, 0.05) is 38.4 Å². The number of ether oxygens (including phenoxy) is 2. The number of aromatic nitrogens is 2. The van der Waals surface area contributed by atoms with Gasteiger partial charge in [0.25, 0.3) is 0 Å². The van der Waals surface area contributed by atoms with E-state index in [1.165, 1.54) is 6.92 Å². The van der Waals surface area contributed by atoms with Gasteiger partial charge in [-0.2, -0.15) is 0 Å². The molecule has 49 heavy (non-hydrogen) atoms. The van der Waals surface area contributed by atoms with Gasteiger partial charge >= 0.3 is 0 Å². The standard InChI is InChI=1S/C40H44N4O5/c1-28(46)41-22-8-2-3-13-39(47)42-24-33-9-4-5-10-35(33)30-18-20-32(21-19-30)40-48-34(25-44-27-43-36-11-6-7-12-37(36)44)23-38(49-40)31-16-14-29(26-45)15-17-31/h4-7,9-12,14-21,27,34,38,40,45H,2-3,8,13,22-26H2,1H3,(H,41,46)(H,42,47). The zero-order valence-corrected chi connectivity index (χ0v) is 27.9. The topological polar surface area (TPSA) is 115 Å². The van der Waals surface area contributed by atoms with Crippen LogP contribution in [0, 0.1) is 0 Å². The minimum atomic E-state index is -0.571. The first kappa shape index (κ1) is 34.0. The number of nitrogens with zero attached hydrogens (tertiary/aromatic N) is 2. The Morgan fingerprint density at radius 2 is 1.61 bits per heavy atom. The van der Waals surface area contributed by atoms with Gasteiger partial charge in [-0.05, 0) is 52.8 Å². The number of carbonyl (C=O) groups is 2. The molecule has 0 saturated carbocycles. The summed E-state index contributed by atoms with van der Waals surface area (Å²) in [6.45, 7) is 3.23. The van der Waals surface area contributed by atoms with Crippen LogP contribution in [-0.4, -0.2) is 39.1 Å². The quantitative estimate of drug-likeness (QED) is 0.114. The predicted molar refractivity (Wildman–Crippen MR) is 189 cm³/mol. The molecule has 3 unspecified atom stereocenters. The Balaban J connectivity index is 1.13. The maximum Gasteiger partial charge on any atom is 0.220 e. The highest BCUT2D eigenvalue weighted by Gasteiger charge is 2.32. The molecule has 3 N–H and O–H groups in total. The monoisotopic (exact) mass is 660 g/mol. The van der Waals surface area contributed by atoms with Crippen LogP contribution < -0.4 is 10.6 Å². The third kappa shape index (κ3) is 9.00. The first-order chi connectivity index (χ1) is 24.0. The third-order valence-corrected chi connectivity index (χ3v) is 8.98. The van der Waals surface area contributed by atoms with E-state index < -0.39 is 6.29 Å². The highest BCUT2D eigenvalue weighted by molar-refractivity contribution is 5.77. The Bertz CT molecular complexity index is 1840. The smallest absolute Gasteiger partial charge is 0.220 e. The van der Waals surface area contributed by atoms with Gasteiger partial charge in [-0.1, -0.05) is 91.3 Å². The summed E-state index contributed by atoms with van der Waals surface area (Å²) in [5.41, 5.74) is 7.98. The lowest BCUT2D eigenvalue weighted by atomic mass is 9.97. The molecule has 9 nitrogen and oxygen atoms in total. The summed E-state index contributed by atoms with van der Waals surface area (Å²) < 4.78 is 15.3. The first-order valence-corrected chi connectivity index (χ1v) is 17.1. The molecule has 1 saturated heterocycles. The van der Waals surface area contributed by atoms with Crippen LogP contribution in [0.3, 0.4) is 0 Å². The molecule has 0 aliphatic carbocycles. The van der Waals surface area contributed by atoms with Gasteiger partial charge in [-0.25, -0.2) is 4.98 Å². The summed E-state index contributed by atoms with van der Waals surface area (Å²) in [5, 5.41) is 15.4. The van der Waals surface area contributed by atoms with Gasteiger partial charge in [0.2, 0.25) is 11.8 Å². The van der Waals surface area contributed by atoms with Gasteiger partial charge in [-0.3, -0.25) is 9.59 Å². The van der Waals surface area contributed by atoms with Crippen molar-refractivity contribution in [3.63, 3.8) is 0 Å². The van der Waals surface area contributed by atoms with Crippen LogP contribution in [0.2, 0.25) is 0 Å². The summed E-state index contributed by atoms with van der Waals surface area (Å²) in [7, 11) is 0. The molecule has 9 heteroatoms. The molecule has 3 atom stereocenters. The molecule has 0 radical (unpaired) electrons. The second kappa shape index (κ2) is 16.5. The van der Waals surface area contributed by atoms with Crippen molar-refractivity contribution in [3.8, 4) is 11.1 Å². The number of hydrogen-bond acceptors (Lipinski definition) is 6. The molecular weight excluding hydrogens is 616 g/mol. The van der Waals surface area contributed by atoms with Crippen molar-refractivity contribution in [3.05, 3.63) is 126 Å². The maximum atomic E-state index is 12.6. The van der Waals surface area contributed by atoms with Gasteiger partial charge in [0.1, 0.15) is 0 Å². The van der Waals surface area contributed by atoms with Crippen LogP contribution in [-0.2, 0) is 38.8 Å². The number of nitrogens with one attached hydrogen (secondary N) is 2. The van der Waals surface area contributed by atoms with Crippen LogP contribution in [0.1, 0.15) is 73.7 Å². The molecule has 254 valence electrons. The van der Waals surface area contributed by atoms with Gasteiger partial charge in [0.15, 0.2) is 6.29 Å². The summed E-state index contributed by atoms with van der Waals surface area (Å²) in [5.74, 6) is -0.00358.